The molecule has 642 valence electrons. The van der Waals surface area contributed by atoms with Gasteiger partial charge in [-0.05, 0) is 251 Å². The molecule has 0 aliphatic carbocycles. The van der Waals surface area contributed by atoms with E-state index < -0.39 is 29.8 Å². The molecule has 0 aliphatic rings. The summed E-state index contributed by atoms with van der Waals surface area (Å²) < 4.78 is 47.2. The highest BCUT2D eigenvalue weighted by Gasteiger charge is 2.21. The van der Waals surface area contributed by atoms with Crippen LogP contribution in [0.2, 0.25) is 0 Å². The molecular formula is C100H115N5O17. The van der Waals surface area contributed by atoms with Crippen molar-refractivity contribution in [2.24, 2.45) is 5.73 Å². The quantitative estimate of drug-likeness (QED) is 0.0240. The molecule has 0 saturated carbocycles. The maximum absolute atomic E-state index is 11.2. The minimum atomic E-state index is -0.798. The second-order valence-electron chi connectivity index (χ2n) is 30.9. The molecule has 6 N–H and O–H groups in total. The molecule has 122 heavy (non-hydrogen) atoms. The zero-order valence-corrected chi connectivity index (χ0v) is 72.5. The summed E-state index contributed by atoms with van der Waals surface area (Å²) in [5, 5.41) is 35.6. The largest absolute Gasteiger partial charge is 0.493 e. The van der Waals surface area contributed by atoms with Gasteiger partial charge in [0.1, 0.15) is 46.0 Å². The summed E-state index contributed by atoms with van der Waals surface area (Å²) in [4.78, 5) is 73.1. The molecule has 0 aliphatic heterocycles. The molecular weight excluding hydrogens is 1540 g/mol. The molecule has 22 nitrogen and oxygen atoms in total. The normalized spacial score (nSPS) is 11.0. The third kappa shape index (κ3) is 28.1. The minimum Gasteiger partial charge on any atom is -0.493 e. The maximum Gasteiger partial charge on any atom is 0.303 e. The van der Waals surface area contributed by atoms with Gasteiger partial charge in [0.2, 0.25) is 29.5 Å². The van der Waals surface area contributed by atoms with Gasteiger partial charge in [0.25, 0.3) is 0 Å². The number of hydrogen-bond donors (Lipinski definition) is 5. The molecule has 4 aromatic heterocycles. The van der Waals surface area contributed by atoms with Gasteiger partial charge < -0.3 is 62.8 Å². The molecule has 22 heteroatoms. The first-order chi connectivity index (χ1) is 58.5. The average molecular weight is 1660 g/mol. The van der Waals surface area contributed by atoms with Crippen LogP contribution in [0.5, 0.6) is 23.0 Å². The van der Waals surface area contributed by atoms with Crippen molar-refractivity contribution in [2.45, 2.75) is 205 Å². The summed E-state index contributed by atoms with van der Waals surface area (Å²) in [6, 6.07) is 54.9. The third-order valence-corrected chi connectivity index (χ3v) is 20.9. The molecule has 0 unspecified atom stereocenters. The van der Waals surface area contributed by atoms with Gasteiger partial charge in [0.15, 0.2) is 0 Å². The van der Waals surface area contributed by atoms with Crippen LogP contribution in [0.15, 0.2) is 188 Å². The Morgan fingerprint density at radius 1 is 0.328 bits per heavy atom. The second-order valence-corrected chi connectivity index (χ2v) is 30.9. The Morgan fingerprint density at radius 2 is 0.590 bits per heavy atom. The minimum absolute atomic E-state index is 0.111. The molecule has 0 saturated heterocycles. The number of rotatable bonds is 38. The fourth-order valence-corrected chi connectivity index (χ4v) is 13.7. The number of carbonyl (C=O) groups excluding carboxylic acids is 1. The monoisotopic (exact) mass is 1660 g/mol. The highest BCUT2D eigenvalue weighted by molar-refractivity contribution is 5.93. The molecule has 0 spiro atoms. The molecule has 8 aromatic carbocycles. The van der Waals surface area contributed by atoms with Crippen molar-refractivity contribution in [1.82, 2.24) is 19.9 Å². The van der Waals surface area contributed by atoms with E-state index in [0.29, 0.717) is 107 Å². The number of nitrogens with zero attached hydrogens (tertiary/aromatic N) is 4. The van der Waals surface area contributed by atoms with E-state index in [-0.39, 0.29) is 31.1 Å². The highest BCUT2D eigenvalue weighted by atomic mass is 16.5. The van der Waals surface area contributed by atoms with E-state index in [0.717, 1.165) is 168 Å². The lowest BCUT2D eigenvalue weighted by Gasteiger charge is -2.18. The topological polar surface area (TPSA) is 333 Å². The summed E-state index contributed by atoms with van der Waals surface area (Å²) in [6.45, 7) is 28.6. The maximum atomic E-state index is 11.2. The summed E-state index contributed by atoms with van der Waals surface area (Å²) in [5.41, 5.74) is 25.4. The van der Waals surface area contributed by atoms with Crippen molar-refractivity contribution in [2.75, 3.05) is 26.4 Å². The molecule has 4 heterocycles. The fourth-order valence-electron chi connectivity index (χ4n) is 13.7. The SMILES string of the molecule is CCc1cc(OCCc2nc(-c3ccc(C(C)(C)C)cc3)oc2C)ccc1CCC(=O)O.CCc1cc(OCCc2nc(-c3ccc(C(N)=O)cc3)oc2C)ccc1CCC(=O)O.CCc1cc(OCCc2nc(-c3ccc(C)cc3)oc2C)ccc1CCC(=O)O.CCc1cc(OCCc2nc(-c3ccc(C)cc3)oc2CC)ccc1CCC(=O)O. The van der Waals surface area contributed by atoms with Crippen LogP contribution in [0, 0.1) is 34.6 Å². The van der Waals surface area contributed by atoms with Crippen molar-refractivity contribution in [1.29, 1.82) is 0 Å². The number of benzene rings is 8. The first-order valence-electron chi connectivity index (χ1n) is 41.9. The van der Waals surface area contributed by atoms with Crippen molar-refractivity contribution in [3.05, 3.63) is 282 Å². The Kier molecular flexibility index (Phi) is 34.7. The number of amides is 1. The Hall–Kier alpha value is -12.9. The van der Waals surface area contributed by atoms with E-state index in [4.69, 9.17) is 67.8 Å². The van der Waals surface area contributed by atoms with Gasteiger partial charge in [0.05, 0.1) is 49.2 Å². The number of aryl methyl sites for hydroxylation is 14. The summed E-state index contributed by atoms with van der Waals surface area (Å²) in [5.74, 6) is 5.16. The average Bonchev–Trinajstić information content (AvgIpc) is 1.57. The van der Waals surface area contributed by atoms with Crippen molar-refractivity contribution >= 4 is 29.8 Å². The predicted octanol–water partition coefficient (Wildman–Crippen LogP) is 20.7. The van der Waals surface area contributed by atoms with Crippen LogP contribution in [0.4, 0.5) is 0 Å². The highest BCUT2D eigenvalue weighted by Crippen LogP contribution is 2.32. The lowest BCUT2D eigenvalue weighted by atomic mass is 9.87. The third-order valence-electron chi connectivity index (χ3n) is 20.9. The van der Waals surface area contributed by atoms with E-state index in [2.05, 4.69) is 114 Å². The van der Waals surface area contributed by atoms with Gasteiger partial charge >= 0.3 is 23.9 Å². The number of carboxylic acids is 4. The number of carbonyl (C=O) groups is 5. The van der Waals surface area contributed by atoms with Gasteiger partial charge in [-0.25, -0.2) is 19.9 Å². The number of primary amides is 1. The first-order valence-corrected chi connectivity index (χ1v) is 41.9. The second kappa shape index (κ2) is 45.5. The van der Waals surface area contributed by atoms with Crippen molar-refractivity contribution < 1.29 is 81.0 Å². The van der Waals surface area contributed by atoms with E-state index >= 15 is 0 Å². The molecule has 12 rings (SSSR count). The van der Waals surface area contributed by atoms with Gasteiger partial charge in [0, 0.05) is 85.6 Å². The van der Waals surface area contributed by atoms with Crippen LogP contribution < -0.4 is 24.7 Å². The van der Waals surface area contributed by atoms with E-state index in [1.807, 2.05) is 137 Å². The lowest BCUT2D eigenvalue weighted by molar-refractivity contribution is -0.138. The predicted molar refractivity (Wildman–Crippen MR) is 472 cm³/mol. The Morgan fingerprint density at radius 3 is 0.852 bits per heavy atom. The van der Waals surface area contributed by atoms with Crippen molar-refractivity contribution in [3.63, 3.8) is 0 Å². The zero-order valence-electron chi connectivity index (χ0n) is 72.5. The van der Waals surface area contributed by atoms with Gasteiger partial charge in [-0.2, -0.15) is 0 Å². The fraction of sp³-hybridized carbons (Fsp3) is 0.350. The smallest absolute Gasteiger partial charge is 0.303 e. The Labute approximate surface area is 715 Å². The van der Waals surface area contributed by atoms with Crippen LogP contribution in [0.25, 0.3) is 45.8 Å². The number of ether oxygens (including phenoxy) is 4. The number of aromatic nitrogens is 4. The van der Waals surface area contributed by atoms with E-state index in [9.17, 15) is 24.0 Å². The van der Waals surface area contributed by atoms with Crippen molar-refractivity contribution in [3.8, 4) is 68.8 Å². The molecule has 0 bridgehead atoms. The first kappa shape index (κ1) is 93.0. The Bertz CT molecular complexity index is 5430. The number of hydrogen-bond acceptors (Lipinski definition) is 17. The van der Waals surface area contributed by atoms with Gasteiger partial charge in [-0.15, -0.1) is 0 Å². The molecule has 0 atom stereocenters. The standard InChI is InChI=1S/C27H33NO4.C25H29NO4.C24H26N2O5.C24H27NO4/c1-6-19-17-23(13-9-20(19)10-14-25(29)30)31-16-15-24-18(2)32-26(28-24)21-7-11-22(12-8-21)27(3,4)5;1-4-18-16-21(12-10-19(18)11-13-24(27)28)29-15-14-22-23(5-2)30-25(26-22)20-8-6-17(3)7-9-20;1-3-16-14-20(10-8-17(16)9-11-22(27)28)30-13-12-21-15(2)31-24(26-21)19-6-4-18(5-7-19)23(25)29;1-4-18-15-21(11-9-19(18)10-12-23(26)27)28-14-13-22-17(3)29-24(25-22)20-7-5-16(2)6-8-20/h7-9,11-13,17H,6,10,14-16H2,1-5H3,(H,29,30);6-10,12,16H,4-5,11,13-15H2,1-3H3,(H,27,28);4-8,10,14H,3,9,11-13H2,1-2H3,(H2,25,29)(H,27,28);5-9,11,15H,4,10,12-14H2,1-3H3,(H,26,27). The van der Waals surface area contributed by atoms with Crippen LogP contribution in [-0.2, 0) is 108 Å². The zero-order chi connectivity index (χ0) is 88.0. The van der Waals surface area contributed by atoms with Crippen LogP contribution in [-0.4, -0.2) is 96.6 Å². The van der Waals surface area contributed by atoms with E-state index in [1.54, 1.807) is 24.3 Å². The van der Waals surface area contributed by atoms with Crippen LogP contribution >= 0.6 is 0 Å². The van der Waals surface area contributed by atoms with Gasteiger partial charge in [-0.1, -0.05) is 127 Å². The molecule has 1 amide bonds. The molecule has 0 radical (unpaired) electrons. The van der Waals surface area contributed by atoms with Crippen LogP contribution in [0.3, 0.4) is 0 Å². The summed E-state index contributed by atoms with van der Waals surface area (Å²) in [6.07, 6.45) is 9.35. The Balaban J connectivity index is 0.000000185. The van der Waals surface area contributed by atoms with E-state index in [1.165, 1.54) is 16.7 Å². The molecule has 12 aromatic rings. The number of oxazole rings is 4. The lowest BCUT2D eigenvalue weighted by Crippen LogP contribution is -2.10. The summed E-state index contributed by atoms with van der Waals surface area (Å²) >= 11 is 0. The number of carboxylic acid groups (broad SMARTS) is 4. The van der Waals surface area contributed by atoms with Crippen LogP contribution in [0.1, 0.15) is 198 Å². The summed E-state index contributed by atoms with van der Waals surface area (Å²) in [7, 11) is 0. The number of nitrogens with two attached hydrogens (primary N) is 1. The molecule has 0 fully saturated rings. The van der Waals surface area contributed by atoms with Gasteiger partial charge in [-0.3, -0.25) is 24.0 Å². The number of aliphatic carboxylic acids is 4.